The summed E-state index contributed by atoms with van der Waals surface area (Å²) in [5.41, 5.74) is 6.99. The lowest BCUT2D eigenvalue weighted by Gasteiger charge is -2.30. The van der Waals surface area contributed by atoms with E-state index in [-0.39, 0.29) is 12.2 Å². The fourth-order valence-electron chi connectivity index (χ4n) is 5.57. The maximum absolute atomic E-state index is 6.55. The predicted molar refractivity (Wildman–Crippen MR) is 187 cm³/mol. The second-order valence-corrected chi connectivity index (χ2v) is 13.7. The lowest BCUT2D eigenvalue weighted by molar-refractivity contribution is -0.873. The van der Waals surface area contributed by atoms with Gasteiger partial charge in [0.2, 0.25) is 0 Å². The van der Waals surface area contributed by atoms with E-state index in [9.17, 15) is 0 Å². The minimum Gasteiger partial charge on any atom is -0.484 e. The van der Waals surface area contributed by atoms with E-state index in [4.69, 9.17) is 9.47 Å². The second-order valence-electron chi connectivity index (χ2n) is 13.7. The van der Waals surface area contributed by atoms with Gasteiger partial charge in [-0.1, -0.05) is 110 Å². The van der Waals surface area contributed by atoms with Gasteiger partial charge >= 0.3 is 0 Å². The van der Waals surface area contributed by atoms with Crippen molar-refractivity contribution < 1.29 is 18.4 Å². The molecule has 230 valence electrons. The Morgan fingerprint density at radius 3 is 1.18 bits per heavy atom. The van der Waals surface area contributed by atoms with Gasteiger partial charge < -0.3 is 18.4 Å². The van der Waals surface area contributed by atoms with Crippen molar-refractivity contribution >= 4 is 12.2 Å². The van der Waals surface area contributed by atoms with Crippen molar-refractivity contribution in [3.63, 3.8) is 0 Å². The highest BCUT2D eigenvalue weighted by Gasteiger charge is 2.23. The molecule has 2 atom stereocenters. The van der Waals surface area contributed by atoms with E-state index in [1.165, 1.54) is 22.3 Å². The van der Waals surface area contributed by atoms with Crippen molar-refractivity contribution in [2.45, 2.75) is 25.0 Å². The first-order valence-corrected chi connectivity index (χ1v) is 15.5. The molecule has 0 aliphatic heterocycles. The van der Waals surface area contributed by atoms with E-state index in [2.05, 4.69) is 104 Å². The number of ether oxygens (including phenoxy) is 2. The van der Waals surface area contributed by atoms with Crippen LogP contribution in [0.15, 0.2) is 110 Å². The molecule has 0 fully saturated rings. The third-order valence-corrected chi connectivity index (χ3v) is 7.54. The van der Waals surface area contributed by atoms with Crippen LogP contribution in [0.2, 0.25) is 0 Å². The van der Waals surface area contributed by atoms with Gasteiger partial charge in [0.15, 0.2) is 12.2 Å². The Morgan fingerprint density at radius 2 is 0.864 bits per heavy atom. The van der Waals surface area contributed by atoms with Gasteiger partial charge in [-0.2, -0.15) is 0 Å². The van der Waals surface area contributed by atoms with E-state index in [0.29, 0.717) is 0 Å². The molecule has 2 unspecified atom stereocenters. The predicted octanol–water partition coefficient (Wildman–Crippen LogP) is 8.03. The molecule has 0 amide bonds. The zero-order chi connectivity index (χ0) is 31.7. The number of hydrogen-bond acceptors (Lipinski definition) is 2. The molecule has 0 bridgehead atoms. The summed E-state index contributed by atoms with van der Waals surface area (Å²) in [7, 11) is 13.2. The number of hydrogen-bond donors (Lipinski definition) is 0. The lowest BCUT2D eigenvalue weighted by atomic mass is 9.98. The minimum absolute atomic E-state index is 0.0431. The van der Waals surface area contributed by atoms with Crippen molar-refractivity contribution in [3.05, 3.63) is 132 Å². The van der Waals surface area contributed by atoms with Gasteiger partial charge in [0.05, 0.1) is 42.3 Å². The van der Waals surface area contributed by atoms with Gasteiger partial charge in [-0.3, -0.25) is 0 Å². The van der Waals surface area contributed by atoms with E-state index in [1.54, 1.807) is 0 Å². The number of para-hydroxylation sites is 2. The molecule has 0 aromatic heterocycles. The monoisotopic (exact) mass is 590 g/mol. The zero-order valence-electron chi connectivity index (χ0n) is 27.5. The van der Waals surface area contributed by atoms with Gasteiger partial charge in [0.25, 0.3) is 0 Å². The maximum Gasteiger partial charge on any atom is 0.151 e. The highest BCUT2D eigenvalue weighted by Crippen LogP contribution is 2.26. The zero-order valence-corrected chi connectivity index (χ0v) is 27.5. The molecule has 0 aliphatic rings. The lowest BCUT2D eigenvalue weighted by Crippen LogP contribution is -2.44. The van der Waals surface area contributed by atoms with Crippen molar-refractivity contribution in [1.82, 2.24) is 0 Å². The van der Waals surface area contributed by atoms with Crippen LogP contribution in [0, 0.1) is 0 Å². The third kappa shape index (κ3) is 9.97. The Kier molecular flexibility index (Phi) is 10.9. The SMILES string of the molecule is C=Cc1ccccc1OC(Cc1ccc(-c2ccc(CC(C[N+](C)(C)C)Oc3ccccc3C=C)cc2)cc1)C[N+](C)(C)C. The van der Waals surface area contributed by atoms with Crippen LogP contribution in [0.4, 0.5) is 0 Å². The molecule has 4 aromatic carbocycles. The van der Waals surface area contributed by atoms with E-state index in [1.807, 2.05) is 60.7 Å². The molecule has 0 saturated carbocycles. The van der Waals surface area contributed by atoms with Crippen LogP contribution in [0.25, 0.3) is 23.3 Å². The van der Waals surface area contributed by atoms with Crippen LogP contribution < -0.4 is 9.47 Å². The summed E-state index contributed by atoms with van der Waals surface area (Å²) >= 11 is 0. The molecule has 4 aromatic rings. The topological polar surface area (TPSA) is 18.5 Å². The summed E-state index contributed by atoms with van der Waals surface area (Å²) in [6.07, 6.45) is 5.48. The van der Waals surface area contributed by atoms with Gasteiger partial charge in [0.1, 0.15) is 24.6 Å². The van der Waals surface area contributed by atoms with Gasteiger partial charge in [-0.15, -0.1) is 0 Å². The number of likely N-dealkylation sites (N-methyl/N-ethyl adjacent to an activating group) is 2. The average Bonchev–Trinajstić information content (AvgIpc) is 2.97. The molecule has 44 heavy (non-hydrogen) atoms. The summed E-state index contributed by atoms with van der Waals surface area (Å²) in [6, 6.07) is 34.0. The first-order chi connectivity index (χ1) is 20.9. The summed E-state index contributed by atoms with van der Waals surface area (Å²) in [6.45, 7) is 9.71. The quantitative estimate of drug-likeness (QED) is 0.131. The molecule has 4 heteroatoms. The Hall–Kier alpha value is -4.12. The fraction of sp³-hybridized carbons (Fsp3) is 0.300. The molecule has 0 aliphatic carbocycles. The van der Waals surface area contributed by atoms with E-state index < -0.39 is 0 Å². The number of benzene rings is 4. The van der Waals surface area contributed by atoms with Gasteiger partial charge in [0, 0.05) is 24.0 Å². The van der Waals surface area contributed by atoms with Crippen molar-refractivity contribution in [2.24, 2.45) is 0 Å². The molecule has 0 N–H and O–H groups in total. The fourth-order valence-corrected chi connectivity index (χ4v) is 5.57. The molecule has 0 spiro atoms. The first-order valence-electron chi connectivity index (χ1n) is 15.5. The second kappa shape index (κ2) is 14.6. The first kappa shape index (κ1) is 32.8. The molecular formula is C40H50N2O2+2. The largest absolute Gasteiger partial charge is 0.484 e. The standard InChI is InChI=1S/C40H50N2O2/c1-9-33-15-11-13-17-39(33)43-37(29-41(3,4)5)27-31-19-23-35(24-20-31)36-25-21-32(22-26-36)28-38(30-42(6,7)8)44-40-18-14-12-16-34(40)10-2/h9-26,37-38H,1-2,27-30H2,3-8H3/q+2. The van der Waals surface area contributed by atoms with Crippen LogP contribution in [0.1, 0.15) is 22.3 Å². The van der Waals surface area contributed by atoms with Crippen molar-refractivity contribution in [3.8, 4) is 22.6 Å². The number of quaternary nitrogens is 2. The minimum atomic E-state index is 0.0431. The van der Waals surface area contributed by atoms with Crippen LogP contribution in [-0.4, -0.2) is 76.5 Å². The molecular weight excluding hydrogens is 540 g/mol. The normalized spacial score (nSPS) is 13.1. The molecule has 4 rings (SSSR count). The summed E-state index contributed by atoms with van der Waals surface area (Å²) in [4.78, 5) is 0. The van der Waals surface area contributed by atoms with Crippen LogP contribution in [0.3, 0.4) is 0 Å². The maximum atomic E-state index is 6.55. The molecule has 0 radical (unpaired) electrons. The van der Waals surface area contributed by atoms with E-state index >= 15 is 0 Å². The van der Waals surface area contributed by atoms with E-state index in [0.717, 1.165) is 57.5 Å². The molecule has 0 saturated heterocycles. The van der Waals surface area contributed by atoms with Crippen molar-refractivity contribution in [2.75, 3.05) is 55.4 Å². The molecule has 0 heterocycles. The van der Waals surface area contributed by atoms with Crippen LogP contribution in [0.5, 0.6) is 11.5 Å². The Bertz CT molecular complexity index is 1390. The third-order valence-electron chi connectivity index (χ3n) is 7.54. The summed E-state index contributed by atoms with van der Waals surface area (Å²) < 4.78 is 14.8. The molecule has 4 nitrogen and oxygen atoms in total. The van der Waals surface area contributed by atoms with Gasteiger partial charge in [-0.05, 0) is 34.4 Å². The summed E-state index contributed by atoms with van der Waals surface area (Å²) in [5, 5.41) is 0. The Morgan fingerprint density at radius 1 is 0.523 bits per heavy atom. The number of nitrogens with zero attached hydrogens (tertiary/aromatic N) is 2. The van der Waals surface area contributed by atoms with Crippen LogP contribution >= 0.6 is 0 Å². The average molecular weight is 591 g/mol. The highest BCUT2D eigenvalue weighted by atomic mass is 16.5. The van der Waals surface area contributed by atoms with Crippen LogP contribution in [-0.2, 0) is 12.8 Å². The van der Waals surface area contributed by atoms with Crippen molar-refractivity contribution in [1.29, 1.82) is 0 Å². The Balaban J connectivity index is 1.45. The Labute approximate surface area is 265 Å². The summed E-state index contributed by atoms with van der Waals surface area (Å²) in [5.74, 6) is 1.77. The smallest absolute Gasteiger partial charge is 0.151 e. The number of rotatable bonds is 15. The highest BCUT2D eigenvalue weighted by molar-refractivity contribution is 5.64. The van der Waals surface area contributed by atoms with Gasteiger partial charge in [-0.25, -0.2) is 0 Å².